The minimum absolute atomic E-state index is 0. The number of fused-ring (bicyclic) bond motifs is 4. The van der Waals surface area contributed by atoms with Gasteiger partial charge in [-0.05, 0) is 0 Å². The molecule has 0 amide bonds. The summed E-state index contributed by atoms with van der Waals surface area (Å²) < 4.78 is 3.59. The van der Waals surface area contributed by atoms with Crippen LogP contribution in [0.4, 0.5) is 0 Å². The molecule has 0 saturated heterocycles. The van der Waals surface area contributed by atoms with E-state index in [4.69, 9.17) is 0 Å². The van der Waals surface area contributed by atoms with Crippen LogP contribution in [0.5, 0.6) is 0 Å². The zero-order valence-corrected chi connectivity index (χ0v) is 51.1. The third kappa shape index (κ3) is 16.7. The van der Waals surface area contributed by atoms with Gasteiger partial charge in [0.25, 0.3) is 0 Å². The first-order valence-electron chi connectivity index (χ1n) is 29.3. The summed E-state index contributed by atoms with van der Waals surface area (Å²) in [4.78, 5) is 0. The number of rotatable bonds is 4. The second kappa shape index (κ2) is 31.7. The van der Waals surface area contributed by atoms with E-state index < -0.39 is 0 Å². The predicted molar refractivity (Wildman–Crippen MR) is 308 cm³/mol. The smallest absolute Gasteiger partial charge is 0.0533 e. The van der Waals surface area contributed by atoms with E-state index >= 15 is 0 Å². The average Bonchev–Trinajstić information content (AvgIpc) is 4.34. The third-order valence-electron chi connectivity index (χ3n) is 17.5. The third-order valence-corrected chi connectivity index (χ3v) is 19.9. The molecular weight excluding hydrogens is 1090 g/mol. The van der Waals surface area contributed by atoms with Gasteiger partial charge in [0.05, 0.1) is 0 Å². The first kappa shape index (κ1) is 59.1. The van der Waals surface area contributed by atoms with Crippen molar-refractivity contribution in [2.24, 2.45) is 0 Å². The number of hydrogen-bond acceptors (Lipinski definition) is 0. The van der Waals surface area contributed by atoms with Crippen LogP contribution in [0.1, 0.15) is 226 Å². The molecule has 0 radical (unpaired) electrons. The van der Waals surface area contributed by atoms with Gasteiger partial charge in [0.15, 0.2) is 0 Å². The van der Waals surface area contributed by atoms with Gasteiger partial charge >= 0.3 is 106 Å². The molecule has 388 valence electrons. The SMILES string of the molecule is [Cl-].[Cl-].[Zr+2]=[C]1CCCC1.[Zr+2]=[C]1CCCC1.c1ccc2c(C3CCCCC3)c[cH-]c2c1.c1ccc2c(C3CCCCC3)c[cH-]c2c1.c1ccc2c(C3CCCCC3)c[cH-]c2c1.c1ccc2c(C3CCCCC3)c[cH-]c2c1. The van der Waals surface area contributed by atoms with Crippen LogP contribution in [-0.2, 0) is 48.5 Å². The van der Waals surface area contributed by atoms with Crippen molar-refractivity contribution in [3.05, 3.63) is 168 Å². The molecule has 6 aliphatic rings. The quantitative estimate of drug-likeness (QED) is 0.154. The topological polar surface area (TPSA) is 0 Å². The molecule has 0 aromatic heterocycles. The molecule has 4 heteroatoms. The second-order valence-electron chi connectivity index (χ2n) is 22.5. The maximum atomic E-state index is 2.35. The standard InChI is InChI=1S/4C15H17.2C5H8.2ClH.2Zr/c4*1-2-6-12(7-3-1)15-11-10-13-8-4-5-9-14(13)15;2*1-2-4-5-3-1;;;;/h4*4-5,8-12H,1-3,6-7H2;2*1-4H2;2*1H;;/q4*-1;;;;;2*+2/p-2. The van der Waals surface area contributed by atoms with Crippen LogP contribution >= 0.6 is 0 Å². The second-order valence-corrected chi connectivity index (χ2v) is 25.9. The van der Waals surface area contributed by atoms with E-state index in [1.54, 1.807) is 77.1 Å². The van der Waals surface area contributed by atoms with E-state index in [1.165, 1.54) is 223 Å². The van der Waals surface area contributed by atoms with Gasteiger partial charge in [0, 0.05) is 0 Å². The maximum Gasteiger partial charge on any atom is -0.0533 e. The van der Waals surface area contributed by atoms with Crippen LogP contribution in [-0.4, -0.2) is 6.41 Å². The molecule has 0 heterocycles. The van der Waals surface area contributed by atoms with E-state index in [2.05, 4.69) is 146 Å². The van der Waals surface area contributed by atoms with Gasteiger partial charge < -0.3 is 24.8 Å². The molecular formula is C70H84Cl2Zr2-2. The minimum Gasteiger partial charge on any atom is -0.150 e. The molecule has 0 unspecified atom stereocenters. The molecule has 14 rings (SSSR count). The van der Waals surface area contributed by atoms with Crippen molar-refractivity contribution in [1.29, 1.82) is 0 Å². The van der Waals surface area contributed by atoms with Crippen molar-refractivity contribution in [2.75, 3.05) is 0 Å². The first-order valence-corrected chi connectivity index (χ1v) is 31.7. The normalized spacial score (nSPS) is 18.6. The van der Waals surface area contributed by atoms with Crippen molar-refractivity contribution < 1.29 is 73.3 Å². The Labute approximate surface area is 489 Å². The minimum atomic E-state index is 0. The monoisotopic (exact) mass is 1170 g/mol. The Bertz CT molecular complexity index is 2470. The van der Waals surface area contributed by atoms with E-state index in [9.17, 15) is 0 Å². The average molecular weight is 1180 g/mol. The summed E-state index contributed by atoms with van der Waals surface area (Å²) in [7, 11) is 0. The fourth-order valence-electron chi connectivity index (χ4n) is 13.4. The Morgan fingerprint density at radius 3 is 0.662 bits per heavy atom. The summed E-state index contributed by atoms with van der Waals surface area (Å²) in [6.45, 7) is 0. The van der Waals surface area contributed by atoms with Crippen LogP contribution in [0.3, 0.4) is 0 Å². The first-order chi connectivity index (χ1) is 35.6. The Hall–Kier alpha value is -2.59. The number of halogens is 2. The van der Waals surface area contributed by atoms with Gasteiger partial charge in [-0.3, -0.25) is 0 Å². The molecule has 0 N–H and O–H groups in total. The Kier molecular flexibility index (Phi) is 25.3. The van der Waals surface area contributed by atoms with Crippen molar-refractivity contribution in [2.45, 2.75) is 203 Å². The van der Waals surface area contributed by atoms with E-state index in [1.807, 2.05) is 0 Å². The van der Waals surface area contributed by atoms with Gasteiger partial charge in [0.2, 0.25) is 0 Å². The van der Waals surface area contributed by atoms with Crippen molar-refractivity contribution >= 4 is 49.5 Å². The van der Waals surface area contributed by atoms with Crippen LogP contribution in [0.2, 0.25) is 0 Å². The van der Waals surface area contributed by atoms with Crippen LogP contribution in [0.15, 0.2) is 146 Å². The van der Waals surface area contributed by atoms with E-state index in [-0.39, 0.29) is 24.8 Å². The van der Waals surface area contributed by atoms with Gasteiger partial charge in [0.1, 0.15) is 0 Å². The maximum absolute atomic E-state index is 2.35. The molecule has 0 nitrogen and oxygen atoms in total. The molecule has 0 spiro atoms. The van der Waals surface area contributed by atoms with Gasteiger partial charge in [-0.15, -0.1) is 164 Å². The Balaban J connectivity index is 0.000000133. The van der Waals surface area contributed by atoms with Gasteiger partial charge in [-0.25, -0.2) is 0 Å². The Morgan fingerprint density at radius 1 is 0.270 bits per heavy atom. The van der Waals surface area contributed by atoms with Crippen molar-refractivity contribution in [3.63, 3.8) is 0 Å². The number of hydrogen-bond donors (Lipinski definition) is 0. The molecule has 6 fully saturated rings. The summed E-state index contributed by atoms with van der Waals surface area (Å²) in [5.41, 5.74) is 6.41. The molecule has 0 atom stereocenters. The molecule has 8 aromatic carbocycles. The van der Waals surface area contributed by atoms with Crippen molar-refractivity contribution in [1.82, 2.24) is 0 Å². The van der Waals surface area contributed by atoms with E-state index in [0.29, 0.717) is 0 Å². The fraction of sp³-hybridized carbons (Fsp3) is 0.457. The Morgan fingerprint density at radius 2 is 0.473 bits per heavy atom. The molecule has 74 heavy (non-hydrogen) atoms. The van der Waals surface area contributed by atoms with Crippen LogP contribution < -0.4 is 24.8 Å². The summed E-state index contributed by atoms with van der Waals surface area (Å²) in [6, 6.07) is 53.7. The fourth-order valence-corrected chi connectivity index (χ4v) is 15.1. The summed E-state index contributed by atoms with van der Waals surface area (Å²) >= 11 is 3.36. The van der Waals surface area contributed by atoms with Crippen LogP contribution in [0.25, 0.3) is 43.1 Å². The number of benzene rings is 4. The van der Waals surface area contributed by atoms with Gasteiger partial charge in [-0.1, -0.05) is 176 Å². The summed E-state index contributed by atoms with van der Waals surface area (Å²) in [5.74, 6) is 3.33. The molecule has 6 aliphatic carbocycles. The van der Waals surface area contributed by atoms with Crippen molar-refractivity contribution in [3.8, 4) is 0 Å². The summed E-state index contributed by atoms with van der Waals surface area (Å²) in [6.07, 6.45) is 40.0. The molecule has 0 aliphatic heterocycles. The zero-order chi connectivity index (χ0) is 49.2. The summed E-state index contributed by atoms with van der Waals surface area (Å²) in [5, 5.41) is 11.6. The molecule has 0 bridgehead atoms. The predicted octanol–water partition coefficient (Wildman–Crippen LogP) is 15.0. The largest absolute Gasteiger partial charge is 0.150 e. The molecule has 6 saturated carbocycles. The zero-order valence-electron chi connectivity index (χ0n) is 44.7. The molecule has 8 aromatic rings. The van der Waals surface area contributed by atoms with Gasteiger partial charge in [-0.2, -0.15) is 22.3 Å². The van der Waals surface area contributed by atoms with Crippen LogP contribution in [0, 0.1) is 0 Å². The van der Waals surface area contributed by atoms with E-state index in [0.717, 1.165) is 23.7 Å².